The van der Waals surface area contributed by atoms with Gasteiger partial charge in [0.2, 0.25) is 5.91 Å². The van der Waals surface area contributed by atoms with E-state index in [1.807, 2.05) is 0 Å². The Morgan fingerprint density at radius 1 is 1.38 bits per heavy atom. The standard InChI is InChI=1S/C22H23ClFN5O3S2/c1-12-2-6-18(28-34(32)11-13-3-4-14(24)8-16(13)23)21(31)29(12)10-20(30)26-15-5-7-17-19(9-15)33-22(25)27-17/h2-4,6,8,15,28H,5,7,9-11H2,1H3,(H2,25,27)(H,26,30). The van der Waals surface area contributed by atoms with Crippen LogP contribution in [0.1, 0.15) is 28.2 Å². The maximum atomic E-state index is 13.2. The molecule has 0 saturated heterocycles. The molecule has 2 heterocycles. The molecule has 0 bridgehead atoms. The highest BCUT2D eigenvalue weighted by Crippen LogP contribution is 2.28. The second-order valence-corrected chi connectivity index (χ2v) is 10.7. The number of halogens is 2. The Kier molecular flexibility index (Phi) is 7.34. The summed E-state index contributed by atoms with van der Waals surface area (Å²) in [5.74, 6) is -0.789. The molecule has 0 fully saturated rings. The number of hydrogen-bond donors (Lipinski definition) is 3. The van der Waals surface area contributed by atoms with Crippen LogP contribution in [0.5, 0.6) is 0 Å². The average molecular weight is 524 g/mol. The van der Waals surface area contributed by atoms with Gasteiger partial charge in [0.1, 0.15) is 29.0 Å². The summed E-state index contributed by atoms with van der Waals surface area (Å²) >= 11 is 7.43. The summed E-state index contributed by atoms with van der Waals surface area (Å²) < 4.78 is 29.8. The topological polar surface area (TPSA) is 119 Å². The Bertz CT molecular complexity index is 1330. The molecular formula is C22H23ClFN5O3S2. The number of pyridine rings is 1. The summed E-state index contributed by atoms with van der Waals surface area (Å²) in [6, 6.07) is 6.96. The van der Waals surface area contributed by atoms with Crippen molar-refractivity contribution in [3.05, 3.63) is 73.4 Å². The van der Waals surface area contributed by atoms with Crippen molar-refractivity contribution in [2.75, 3.05) is 10.5 Å². The van der Waals surface area contributed by atoms with Crippen molar-refractivity contribution in [1.29, 1.82) is 0 Å². The SMILES string of the molecule is Cc1ccc(NS(=O)Cc2ccc(F)cc2Cl)c(=O)n1CC(=O)NC1CCc2nc(N)sc2C1. The van der Waals surface area contributed by atoms with Crippen molar-refractivity contribution in [2.45, 2.75) is 44.5 Å². The molecule has 2 unspecified atom stereocenters. The lowest BCUT2D eigenvalue weighted by Gasteiger charge is -2.23. The second kappa shape index (κ2) is 10.2. The molecule has 4 N–H and O–H groups in total. The normalized spacial score (nSPS) is 16.0. The smallest absolute Gasteiger partial charge is 0.275 e. The third-order valence-electron chi connectivity index (χ3n) is 5.54. The summed E-state index contributed by atoms with van der Waals surface area (Å²) in [6.45, 7) is 1.56. The summed E-state index contributed by atoms with van der Waals surface area (Å²) in [6.07, 6.45) is 2.16. The quantitative estimate of drug-likeness (QED) is 0.440. The van der Waals surface area contributed by atoms with Crippen LogP contribution in [0.15, 0.2) is 35.1 Å². The van der Waals surface area contributed by atoms with Crippen LogP contribution in [0.4, 0.5) is 15.2 Å². The first-order valence-corrected chi connectivity index (χ1v) is 13.0. The fourth-order valence-electron chi connectivity index (χ4n) is 3.82. The number of nitrogen functional groups attached to an aromatic ring is 1. The highest BCUT2D eigenvalue weighted by Gasteiger charge is 2.24. The monoisotopic (exact) mass is 523 g/mol. The number of nitrogens with zero attached hydrogens (tertiary/aromatic N) is 2. The lowest BCUT2D eigenvalue weighted by Crippen LogP contribution is -2.42. The molecule has 1 aliphatic carbocycles. The zero-order chi connectivity index (χ0) is 24.4. The minimum Gasteiger partial charge on any atom is -0.375 e. The molecular weight excluding hydrogens is 501 g/mol. The number of amides is 1. The molecule has 180 valence electrons. The van der Waals surface area contributed by atoms with E-state index in [0.29, 0.717) is 22.8 Å². The van der Waals surface area contributed by atoms with Gasteiger partial charge in [0.15, 0.2) is 5.13 Å². The number of nitrogens with two attached hydrogens (primary N) is 1. The van der Waals surface area contributed by atoms with Crippen LogP contribution in [0.2, 0.25) is 5.02 Å². The van der Waals surface area contributed by atoms with Gasteiger partial charge < -0.3 is 15.6 Å². The molecule has 0 aliphatic heterocycles. The minimum atomic E-state index is -1.69. The van der Waals surface area contributed by atoms with Gasteiger partial charge in [0, 0.05) is 28.1 Å². The molecule has 3 aromatic rings. The molecule has 1 aliphatic rings. The number of nitrogens with one attached hydrogen (secondary N) is 2. The molecule has 0 spiro atoms. The van der Waals surface area contributed by atoms with E-state index in [4.69, 9.17) is 17.3 Å². The molecule has 0 saturated carbocycles. The largest absolute Gasteiger partial charge is 0.375 e. The van der Waals surface area contributed by atoms with Crippen LogP contribution in [0.25, 0.3) is 0 Å². The molecule has 0 radical (unpaired) electrons. The van der Waals surface area contributed by atoms with E-state index in [1.165, 1.54) is 34.1 Å². The van der Waals surface area contributed by atoms with Crippen molar-refractivity contribution >= 4 is 50.6 Å². The third kappa shape index (κ3) is 5.65. The van der Waals surface area contributed by atoms with Crippen molar-refractivity contribution in [2.24, 2.45) is 0 Å². The van der Waals surface area contributed by atoms with Gasteiger partial charge in [-0.25, -0.2) is 13.6 Å². The van der Waals surface area contributed by atoms with Crippen molar-refractivity contribution in [3.63, 3.8) is 0 Å². The first-order chi connectivity index (χ1) is 16.2. The number of anilines is 2. The van der Waals surface area contributed by atoms with E-state index in [0.717, 1.165) is 29.5 Å². The number of fused-ring (bicyclic) bond motifs is 1. The predicted octanol–water partition coefficient (Wildman–Crippen LogP) is 2.94. The van der Waals surface area contributed by atoms with E-state index < -0.39 is 22.4 Å². The second-order valence-electron chi connectivity index (χ2n) is 8.04. The molecule has 2 atom stereocenters. The molecule has 4 rings (SSSR count). The average Bonchev–Trinajstić information content (AvgIpc) is 3.14. The zero-order valence-electron chi connectivity index (χ0n) is 18.3. The van der Waals surface area contributed by atoms with E-state index in [9.17, 15) is 18.2 Å². The minimum absolute atomic E-state index is 0.0152. The van der Waals surface area contributed by atoms with Crippen LogP contribution in [0.3, 0.4) is 0 Å². The lowest BCUT2D eigenvalue weighted by molar-refractivity contribution is -0.122. The Hall–Kier alpha value is -2.76. The number of thiazole rings is 1. The van der Waals surface area contributed by atoms with E-state index >= 15 is 0 Å². The van der Waals surface area contributed by atoms with E-state index in [-0.39, 0.29) is 35.0 Å². The highest BCUT2D eigenvalue weighted by atomic mass is 35.5. The summed E-state index contributed by atoms with van der Waals surface area (Å²) in [7, 11) is -1.69. The maximum absolute atomic E-state index is 13.2. The Morgan fingerprint density at radius 2 is 2.18 bits per heavy atom. The van der Waals surface area contributed by atoms with Gasteiger partial charge in [-0.15, -0.1) is 11.3 Å². The van der Waals surface area contributed by atoms with E-state index in [1.54, 1.807) is 13.0 Å². The van der Waals surface area contributed by atoms with Gasteiger partial charge in [-0.05, 0) is 49.6 Å². The number of aromatic nitrogens is 2. The number of carbonyl (C=O) groups excluding carboxylic acids is 1. The maximum Gasteiger partial charge on any atom is 0.275 e. The number of rotatable bonds is 7. The van der Waals surface area contributed by atoms with Crippen LogP contribution in [-0.2, 0) is 40.9 Å². The molecule has 1 aromatic carbocycles. The summed E-state index contributed by atoms with van der Waals surface area (Å²) in [5.41, 5.74) is 7.49. The van der Waals surface area contributed by atoms with Gasteiger partial charge in [0.25, 0.3) is 5.56 Å². The highest BCUT2D eigenvalue weighted by molar-refractivity contribution is 7.85. The van der Waals surface area contributed by atoms with Gasteiger partial charge in [0.05, 0.1) is 11.4 Å². The van der Waals surface area contributed by atoms with Gasteiger partial charge >= 0.3 is 0 Å². The predicted molar refractivity (Wildman–Crippen MR) is 133 cm³/mol. The molecule has 1 amide bonds. The van der Waals surface area contributed by atoms with Gasteiger partial charge in [-0.1, -0.05) is 17.7 Å². The Labute approximate surface area is 206 Å². The number of benzene rings is 1. The van der Waals surface area contributed by atoms with Crippen molar-refractivity contribution < 1.29 is 13.4 Å². The Balaban J connectivity index is 1.41. The number of carbonyl (C=O) groups is 1. The molecule has 34 heavy (non-hydrogen) atoms. The summed E-state index contributed by atoms with van der Waals surface area (Å²) in [5, 5.41) is 3.68. The van der Waals surface area contributed by atoms with Gasteiger partial charge in [-0.2, -0.15) is 0 Å². The van der Waals surface area contributed by atoms with Crippen LogP contribution in [0, 0.1) is 12.7 Å². The van der Waals surface area contributed by atoms with Crippen molar-refractivity contribution in [1.82, 2.24) is 14.9 Å². The van der Waals surface area contributed by atoms with Crippen LogP contribution < -0.4 is 21.3 Å². The number of hydrogen-bond acceptors (Lipinski definition) is 6. The molecule has 2 aromatic heterocycles. The van der Waals surface area contributed by atoms with Crippen LogP contribution in [-0.4, -0.2) is 25.7 Å². The zero-order valence-corrected chi connectivity index (χ0v) is 20.7. The number of aryl methyl sites for hydroxylation is 2. The van der Waals surface area contributed by atoms with Crippen LogP contribution >= 0.6 is 22.9 Å². The van der Waals surface area contributed by atoms with E-state index in [2.05, 4.69) is 15.0 Å². The Morgan fingerprint density at radius 3 is 2.94 bits per heavy atom. The summed E-state index contributed by atoms with van der Waals surface area (Å²) in [4.78, 5) is 31.1. The van der Waals surface area contributed by atoms with Crippen molar-refractivity contribution in [3.8, 4) is 0 Å². The first-order valence-electron chi connectivity index (χ1n) is 10.5. The first kappa shape index (κ1) is 24.4. The fraction of sp³-hybridized carbons (Fsp3) is 0.318. The fourth-order valence-corrected chi connectivity index (χ4v) is 6.10. The molecule has 12 heteroatoms. The van der Waals surface area contributed by atoms with Gasteiger partial charge in [-0.3, -0.25) is 14.3 Å². The molecule has 8 nitrogen and oxygen atoms in total. The third-order valence-corrected chi connectivity index (χ3v) is 7.86. The lowest BCUT2D eigenvalue weighted by atomic mass is 9.98.